The summed E-state index contributed by atoms with van der Waals surface area (Å²) in [6, 6.07) is 6.49. The van der Waals surface area contributed by atoms with Gasteiger partial charge in [-0.15, -0.1) is 11.6 Å². The smallest absolute Gasteiger partial charge is 0.321 e. The first-order chi connectivity index (χ1) is 8.93. The lowest BCUT2D eigenvalue weighted by atomic mass is 10.1. The average molecular weight is 285 g/mol. The highest BCUT2D eigenvalue weighted by Crippen LogP contribution is 2.16. The number of amides is 3. The van der Waals surface area contributed by atoms with Crippen molar-refractivity contribution in [3.05, 3.63) is 29.8 Å². The minimum absolute atomic E-state index is 0.232. The van der Waals surface area contributed by atoms with Gasteiger partial charge >= 0.3 is 6.03 Å². The number of methoxy groups -OCH3 is 1. The summed E-state index contributed by atoms with van der Waals surface area (Å²) < 4.78 is 5.05. The van der Waals surface area contributed by atoms with Crippen molar-refractivity contribution in [3.8, 4) is 5.75 Å². The van der Waals surface area contributed by atoms with Crippen LogP contribution in [-0.2, 0) is 4.79 Å². The highest BCUT2D eigenvalue weighted by molar-refractivity contribution is 6.31. The second kappa shape index (κ2) is 6.99. The molecule has 0 spiro atoms. The molecule has 5 nitrogen and oxygen atoms in total. The van der Waals surface area contributed by atoms with E-state index in [9.17, 15) is 9.59 Å². The fourth-order valence-corrected chi connectivity index (χ4v) is 1.47. The molecule has 0 aromatic heterocycles. The molecule has 2 atom stereocenters. The summed E-state index contributed by atoms with van der Waals surface area (Å²) >= 11 is 5.55. The molecule has 0 saturated carbocycles. The van der Waals surface area contributed by atoms with Crippen molar-refractivity contribution in [3.63, 3.8) is 0 Å². The summed E-state index contributed by atoms with van der Waals surface area (Å²) in [5.41, 5.74) is 0.905. The van der Waals surface area contributed by atoms with Gasteiger partial charge in [-0.1, -0.05) is 12.1 Å². The van der Waals surface area contributed by atoms with Crippen molar-refractivity contribution in [2.75, 3.05) is 7.11 Å². The number of carbonyl (C=O) groups is 2. The second-order valence-electron chi connectivity index (χ2n) is 4.07. The van der Waals surface area contributed by atoms with Crippen molar-refractivity contribution >= 4 is 23.5 Å². The second-order valence-corrected chi connectivity index (χ2v) is 4.73. The van der Waals surface area contributed by atoms with E-state index >= 15 is 0 Å². The molecule has 6 heteroatoms. The third-order valence-electron chi connectivity index (χ3n) is 2.56. The van der Waals surface area contributed by atoms with Crippen LogP contribution in [0.2, 0.25) is 0 Å². The molecule has 0 aliphatic heterocycles. The minimum Gasteiger partial charge on any atom is -0.497 e. The third-order valence-corrected chi connectivity index (χ3v) is 2.76. The normalized spacial score (nSPS) is 13.3. The van der Waals surface area contributed by atoms with Gasteiger partial charge in [0.05, 0.1) is 13.2 Å². The number of carbonyl (C=O) groups excluding carboxylic acids is 2. The zero-order chi connectivity index (χ0) is 14.4. The third kappa shape index (κ3) is 4.79. The number of alkyl halides is 1. The van der Waals surface area contributed by atoms with E-state index in [-0.39, 0.29) is 6.04 Å². The van der Waals surface area contributed by atoms with Gasteiger partial charge in [0, 0.05) is 0 Å². The van der Waals surface area contributed by atoms with Gasteiger partial charge in [-0.05, 0) is 31.5 Å². The predicted octanol–water partition coefficient (Wildman–Crippen LogP) is 2.21. The van der Waals surface area contributed by atoms with Crippen LogP contribution in [0.5, 0.6) is 5.75 Å². The van der Waals surface area contributed by atoms with E-state index in [1.54, 1.807) is 19.2 Å². The van der Waals surface area contributed by atoms with Crippen molar-refractivity contribution in [2.45, 2.75) is 25.3 Å². The van der Waals surface area contributed by atoms with Crippen LogP contribution in [-0.4, -0.2) is 24.4 Å². The molecule has 104 valence electrons. The molecule has 3 amide bonds. The van der Waals surface area contributed by atoms with Gasteiger partial charge in [0.2, 0.25) is 5.91 Å². The first kappa shape index (κ1) is 15.3. The SMILES string of the molecule is COc1ccc(C(C)NC(=O)NC(=O)C(C)Cl)cc1. The Labute approximate surface area is 117 Å². The first-order valence-corrected chi connectivity index (χ1v) is 6.27. The molecule has 0 radical (unpaired) electrons. The van der Waals surface area contributed by atoms with E-state index in [0.29, 0.717) is 0 Å². The molecular formula is C13H17ClN2O3. The highest BCUT2D eigenvalue weighted by atomic mass is 35.5. The lowest BCUT2D eigenvalue weighted by molar-refractivity contribution is -0.119. The Morgan fingerprint density at radius 2 is 1.79 bits per heavy atom. The van der Waals surface area contributed by atoms with Crippen molar-refractivity contribution in [2.24, 2.45) is 0 Å². The number of hydrogen-bond acceptors (Lipinski definition) is 3. The fraction of sp³-hybridized carbons (Fsp3) is 0.385. The maximum Gasteiger partial charge on any atom is 0.321 e. The van der Waals surface area contributed by atoms with Crippen LogP contribution in [0.25, 0.3) is 0 Å². The average Bonchev–Trinajstić information content (AvgIpc) is 2.38. The Morgan fingerprint density at radius 1 is 1.21 bits per heavy atom. The first-order valence-electron chi connectivity index (χ1n) is 5.83. The molecule has 0 aliphatic carbocycles. The van der Waals surface area contributed by atoms with E-state index < -0.39 is 17.3 Å². The van der Waals surface area contributed by atoms with Gasteiger partial charge in [-0.3, -0.25) is 10.1 Å². The topological polar surface area (TPSA) is 67.4 Å². The molecule has 2 N–H and O–H groups in total. The number of halogens is 1. The van der Waals surface area contributed by atoms with Crippen molar-refractivity contribution in [1.29, 1.82) is 0 Å². The van der Waals surface area contributed by atoms with Gasteiger partial charge in [-0.25, -0.2) is 4.79 Å². The molecule has 0 aliphatic rings. The maximum absolute atomic E-state index is 11.5. The minimum atomic E-state index is -0.748. The van der Waals surface area contributed by atoms with E-state index in [4.69, 9.17) is 16.3 Å². The summed E-state index contributed by atoms with van der Waals surface area (Å²) in [4.78, 5) is 22.8. The number of imide groups is 1. The van der Waals surface area contributed by atoms with Crippen LogP contribution >= 0.6 is 11.6 Å². The molecule has 1 aromatic carbocycles. The van der Waals surface area contributed by atoms with Gasteiger partial charge < -0.3 is 10.1 Å². The number of urea groups is 1. The van der Waals surface area contributed by atoms with Crippen molar-refractivity contribution in [1.82, 2.24) is 10.6 Å². The summed E-state index contributed by atoms with van der Waals surface area (Å²) in [5, 5.41) is 4.06. The van der Waals surface area contributed by atoms with Crippen LogP contribution in [0.4, 0.5) is 4.79 Å². The zero-order valence-corrected chi connectivity index (χ0v) is 11.8. The van der Waals surface area contributed by atoms with E-state index in [1.807, 2.05) is 19.1 Å². The number of nitrogens with one attached hydrogen (secondary N) is 2. The zero-order valence-electron chi connectivity index (χ0n) is 11.1. The summed E-state index contributed by atoms with van der Waals surface area (Å²) in [6.07, 6.45) is 0. The summed E-state index contributed by atoms with van der Waals surface area (Å²) in [7, 11) is 1.59. The van der Waals surface area contributed by atoms with Gasteiger partial charge in [0.25, 0.3) is 0 Å². The highest BCUT2D eigenvalue weighted by Gasteiger charge is 2.15. The standard InChI is InChI=1S/C13H17ClN2O3/c1-8(14)12(17)16-13(18)15-9(2)10-4-6-11(19-3)7-5-10/h4-9H,1-3H3,(H2,15,16,17,18). The molecule has 0 heterocycles. The Balaban J connectivity index is 2.56. The Bertz CT molecular complexity index is 446. The van der Waals surface area contributed by atoms with Gasteiger partial charge in [0.1, 0.15) is 11.1 Å². The molecule has 0 saturated heterocycles. The van der Waals surface area contributed by atoms with E-state index in [2.05, 4.69) is 10.6 Å². The van der Waals surface area contributed by atoms with Crippen LogP contribution in [0.1, 0.15) is 25.5 Å². The molecule has 0 bridgehead atoms. The summed E-state index contributed by atoms with van der Waals surface area (Å²) in [5.74, 6) is 0.215. The molecule has 0 fully saturated rings. The predicted molar refractivity (Wildman–Crippen MR) is 73.4 cm³/mol. The summed E-state index contributed by atoms with van der Waals surface area (Å²) in [6.45, 7) is 3.31. The Hall–Kier alpha value is -1.75. The van der Waals surface area contributed by atoms with Crippen LogP contribution in [0.15, 0.2) is 24.3 Å². The van der Waals surface area contributed by atoms with Crippen LogP contribution < -0.4 is 15.4 Å². The van der Waals surface area contributed by atoms with Gasteiger partial charge in [-0.2, -0.15) is 0 Å². The van der Waals surface area contributed by atoms with Gasteiger partial charge in [0.15, 0.2) is 0 Å². The van der Waals surface area contributed by atoms with Crippen molar-refractivity contribution < 1.29 is 14.3 Å². The lowest BCUT2D eigenvalue weighted by Gasteiger charge is -2.15. The Morgan fingerprint density at radius 3 is 2.26 bits per heavy atom. The Kier molecular flexibility index (Phi) is 5.63. The number of ether oxygens (including phenoxy) is 1. The molecule has 1 rings (SSSR count). The monoisotopic (exact) mass is 284 g/mol. The van der Waals surface area contributed by atoms with E-state index in [0.717, 1.165) is 11.3 Å². The fourth-order valence-electron chi connectivity index (χ4n) is 1.42. The maximum atomic E-state index is 11.5. The van der Waals surface area contributed by atoms with Crippen LogP contribution in [0.3, 0.4) is 0 Å². The quantitative estimate of drug-likeness (QED) is 0.833. The largest absolute Gasteiger partial charge is 0.497 e. The van der Waals surface area contributed by atoms with E-state index in [1.165, 1.54) is 6.92 Å². The number of rotatable bonds is 4. The number of benzene rings is 1. The molecule has 19 heavy (non-hydrogen) atoms. The molecule has 2 unspecified atom stereocenters. The molecule has 1 aromatic rings. The molecular weight excluding hydrogens is 268 g/mol. The lowest BCUT2D eigenvalue weighted by Crippen LogP contribution is -2.43. The van der Waals surface area contributed by atoms with Crippen LogP contribution in [0, 0.1) is 0 Å². The number of hydrogen-bond donors (Lipinski definition) is 2.